The van der Waals surface area contributed by atoms with Gasteiger partial charge in [0.05, 0.1) is 6.54 Å². The molecule has 1 aliphatic rings. The number of aromatic nitrogens is 1. The normalized spacial score (nSPS) is 13.9. The van der Waals surface area contributed by atoms with Crippen LogP contribution in [0.15, 0.2) is 52.9 Å². The molecule has 33 heavy (non-hydrogen) atoms. The zero-order valence-corrected chi connectivity index (χ0v) is 20.2. The third-order valence-corrected chi connectivity index (χ3v) is 6.43. The highest BCUT2D eigenvalue weighted by molar-refractivity contribution is 5.83. The van der Waals surface area contributed by atoms with Crippen LogP contribution in [0.1, 0.15) is 30.4 Å². The fourth-order valence-electron chi connectivity index (χ4n) is 4.37. The summed E-state index contributed by atoms with van der Waals surface area (Å²) in [5.41, 5.74) is 5.70. The van der Waals surface area contributed by atoms with Gasteiger partial charge in [-0.05, 0) is 37.5 Å². The average molecular weight is 447 g/mol. The van der Waals surface area contributed by atoms with Crippen LogP contribution in [0.2, 0.25) is 0 Å². The number of anilines is 2. The number of nitrogens with zero attached hydrogens (tertiary/aromatic N) is 4. The number of likely N-dealkylation sites (N-methyl/N-ethyl adjacent to an activating group) is 1. The molecule has 0 unspecified atom stereocenters. The summed E-state index contributed by atoms with van der Waals surface area (Å²) in [6, 6.07) is 16.5. The Morgan fingerprint density at radius 2 is 1.76 bits per heavy atom. The van der Waals surface area contributed by atoms with Crippen molar-refractivity contribution in [2.24, 2.45) is 0 Å². The van der Waals surface area contributed by atoms with Crippen LogP contribution in [0.25, 0.3) is 11.3 Å². The molecule has 174 valence electrons. The second kappa shape index (κ2) is 10.1. The monoisotopic (exact) mass is 446 g/mol. The third-order valence-electron chi connectivity index (χ3n) is 6.43. The molecule has 0 spiro atoms. The van der Waals surface area contributed by atoms with Crippen LogP contribution in [-0.2, 0) is 11.2 Å². The van der Waals surface area contributed by atoms with Gasteiger partial charge < -0.3 is 19.1 Å². The predicted molar refractivity (Wildman–Crippen MR) is 134 cm³/mol. The number of rotatable bonds is 7. The lowest BCUT2D eigenvalue weighted by atomic mass is 10.1. The first kappa shape index (κ1) is 22.9. The van der Waals surface area contributed by atoms with E-state index >= 15 is 0 Å². The molecule has 6 nitrogen and oxygen atoms in total. The largest absolute Gasteiger partial charge is 0.424 e. The minimum Gasteiger partial charge on any atom is -0.424 e. The van der Waals surface area contributed by atoms with Crippen LogP contribution < -0.4 is 9.80 Å². The van der Waals surface area contributed by atoms with Crippen LogP contribution in [0, 0.1) is 13.8 Å². The highest BCUT2D eigenvalue weighted by Crippen LogP contribution is 2.31. The second-order valence-corrected chi connectivity index (χ2v) is 8.82. The van der Waals surface area contributed by atoms with E-state index in [4.69, 9.17) is 9.40 Å². The van der Waals surface area contributed by atoms with E-state index in [1.807, 2.05) is 47.2 Å². The highest BCUT2D eigenvalue weighted by Gasteiger charge is 2.25. The summed E-state index contributed by atoms with van der Waals surface area (Å²) in [6.07, 6.45) is 1.74. The Labute approximate surface area is 196 Å². The van der Waals surface area contributed by atoms with Crippen molar-refractivity contribution in [2.75, 3.05) is 49.6 Å². The summed E-state index contributed by atoms with van der Waals surface area (Å²) >= 11 is 0. The zero-order valence-electron chi connectivity index (χ0n) is 20.2. The summed E-state index contributed by atoms with van der Waals surface area (Å²) in [5, 5.41) is 0. The van der Waals surface area contributed by atoms with Gasteiger partial charge in [-0.25, -0.2) is 4.98 Å². The van der Waals surface area contributed by atoms with E-state index in [1.54, 1.807) is 0 Å². The van der Waals surface area contributed by atoms with Gasteiger partial charge in [0.2, 0.25) is 11.8 Å². The molecule has 0 bridgehead atoms. The second-order valence-electron chi connectivity index (χ2n) is 8.82. The van der Waals surface area contributed by atoms with Gasteiger partial charge in [0, 0.05) is 50.9 Å². The van der Waals surface area contributed by atoms with E-state index in [2.05, 4.69) is 43.9 Å². The Balaban J connectivity index is 1.43. The van der Waals surface area contributed by atoms with E-state index in [1.165, 1.54) is 16.8 Å². The first-order valence-electron chi connectivity index (χ1n) is 11.8. The van der Waals surface area contributed by atoms with Gasteiger partial charge in [0.1, 0.15) is 5.69 Å². The number of carbonyl (C=O) groups excluding carboxylic acids is 1. The van der Waals surface area contributed by atoms with Crippen molar-refractivity contribution < 1.29 is 9.21 Å². The van der Waals surface area contributed by atoms with Crippen molar-refractivity contribution in [1.82, 2.24) is 9.88 Å². The summed E-state index contributed by atoms with van der Waals surface area (Å²) in [7, 11) is 1.91. The summed E-state index contributed by atoms with van der Waals surface area (Å²) in [6.45, 7) is 9.84. The molecule has 3 aromatic rings. The van der Waals surface area contributed by atoms with Crippen LogP contribution in [0.5, 0.6) is 0 Å². The van der Waals surface area contributed by atoms with Crippen molar-refractivity contribution in [3.8, 4) is 11.3 Å². The molecular weight excluding hydrogens is 412 g/mol. The minimum absolute atomic E-state index is 0.116. The summed E-state index contributed by atoms with van der Waals surface area (Å²) in [5.74, 6) is 1.49. The van der Waals surface area contributed by atoms with E-state index in [0.29, 0.717) is 11.8 Å². The maximum Gasteiger partial charge on any atom is 0.242 e. The molecule has 1 aliphatic heterocycles. The topological polar surface area (TPSA) is 52.8 Å². The zero-order chi connectivity index (χ0) is 23.4. The number of aryl methyl sites for hydroxylation is 2. The molecule has 0 atom stereocenters. The Kier molecular flexibility index (Phi) is 7.02. The van der Waals surface area contributed by atoms with Crippen molar-refractivity contribution in [2.45, 2.75) is 33.6 Å². The van der Waals surface area contributed by atoms with Crippen LogP contribution >= 0.6 is 0 Å². The first-order valence-corrected chi connectivity index (χ1v) is 11.8. The van der Waals surface area contributed by atoms with Crippen LogP contribution in [-0.4, -0.2) is 55.6 Å². The van der Waals surface area contributed by atoms with Gasteiger partial charge in [-0.2, -0.15) is 0 Å². The van der Waals surface area contributed by atoms with E-state index < -0.39 is 0 Å². The molecule has 1 aromatic heterocycles. The van der Waals surface area contributed by atoms with Gasteiger partial charge in [-0.1, -0.05) is 49.4 Å². The van der Waals surface area contributed by atoms with E-state index in [-0.39, 0.29) is 12.5 Å². The lowest BCUT2D eigenvalue weighted by Crippen LogP contribution is -2.51. The summed E-state index contributed by atoms with van der Waals surface area (Å²) < 4.78 is 6.09. The Bertz CT molecular complexity index is 1080. The molecule has 6 heteroatoms. The molecule has 4 rings (SSSR count). The number of hydrogen-bond donors (Lipinski definition) is 0. The van der Waals surface area contributed by atoms with E-state index in [0.717, 1.165) is 50.3 Å². The fraction of sp³-hybridized carbons (Fsp3) is 0.407. The van der Waals surface area contributed by atoms with Gasteiger partial charge in [-0.15, -0.1) is 0 Å². The third kappa shape index (κ3) is 5.05. The number of amides is 1. The van der Waals surface area contributed by atoms with Gasteiger partial charge >= 0.3 is 0 Å². The maximum atomic E-state index is 13.1. The van der Waals surface area contributed by atoms with Crippen molar-refractivity contribution in [1.29, 1.82) is 0 Å². The molecule has 1 amide bonds. The number of hydrogen-bond acceptors (Lipinski definition) is 5. The number of carbonyl (C=O) groups is 1. The summed E-state index contributed by atoms with van der Waals surface area (Å²) in [4.78, 5) is 24.1. The fourth-order valence-corrected chi connectivity index (χ4v) is 4.37. The molecule has 0 radical (unpaired) electrons. The minimum atomic E-state index is 0.116. The smallest absolute Gasteiger partial charge is 0.242 e. The van der Waals surface area contributed by atoms with Crippen molar-refractivity contribution in [3.63, 3.8) is 0 Å². The molecule has 2 heterocycles. The van der Waals surface area contributed by atoms with Gasteiger partial charge in [0.25, 0.3) is 0 Å². The highest BCUT2D eigenvalue weighted by atomic mass is 16.4. The standard InChI is InChI=1S/C27H34N4O2/c1-5-10-24-28-26(22-12-7-6-8-13-22)27(33-24)29(4)19-25(32)31-17-15-30(16-18-31)23-14-9-11-20(2)21(23)3/h6-9,11-14H,5,10,15-19H2,1-4H3. The molecule has 1 fully saturated rings. The lowest BCUT2D eigenvalue weighted by molar-refractivity contribution is -0.130. The Hall–Kier alpha value is -3.28. The lowest BCUT2D eigenvalue weighted by Gasteiger charge is -2.37. The van der Waals surface area contributed by atoms with Crippen molar-refractivity contribution >= 4 is 17.5 Å². The maximum absolute atomic E-state index is 13.1. The SMILES string of the molecule is CCCc1nc(-c2ccccc2)c(N(C)CC(=O)N2CCN(c3cccc(C)c3C)CC2)o1. The van der Waals surface area contributed by atoms with Gasteiger partial charge in [0.15, 0.2) is 5.89 Å². The quantitative estimate of drug-likeness (QED) is 0.527. The van der Waals surface area contributed by atoms with Crippen molar-refractivity contribution in [3.05, 3.63) is 65.5 Å². The average Bonchev–Trinajstić information content (AvgIpc) is 3.26. The molecule has 0 aliphatic carbocycles. The van der Waals surface area contributed by atoms with Crippen LogP contribution in [0.3, 0.4) is 0 Å². The number of benzene rings is 2. The molecule has 0 N–H and O–H groups in total. The number of piperazine rings is 1. The number of oxazole rings is 1. The molecule has 2 aromatic carbocycles. The first-order chi connectivity index (χ1) is 16.0. The Morgan fingerprint density at radius 3 is 2.45 bits per heavy atom. The molecular formula is C27H34N4O2. The van der Waals surface area contributed by atoms with Crippen LogP contribution in [0.4, 0.5) is 11.6 Å². The predicted octanol–water partition coefficient (Wildman–Crippen LogP) is 4.70. The van der Waals surface area contributed by atoms with E-state index in [9.17, 15) is 4.79 Å². The molecule has 1 saturated heterocycles. The van der Waals surface area contributed by atoms with Gasteiger partial charge in [-0.3, -0.25) is 4.79 Å². The molecule has 0 saturated carbocycles. The Morgan fingerprint density at radius 1 is 1.03 bits per heavy atom.